The Kier molecular flexibility index (Phi) is 3.27. The van der Waals surface area contributed by atoms with E-state index in [2.05, 4.69) is 30.5 Å². The van der Waals surface area contributed by atoms with E-state index in [0.717, 1.165) is 41.9 Å². The zero-order valence-electron chi connectivity index (χ0n) is 13.9. The van der Waals surface area contributed by atoms with Gasteiger partial charge in [-0.3, -0.25) is 4.40 Å². The van der Waals surface area contributed by atoms with E-state index in [-0.39, 0.29) is 17.8 Å². The van der Waals surface area contributed by atoms with E-state index in [1.165, 1.54) is 12.3 Å². The van der Waals surface area contributed by atoms with Crippen LogP contribution < -0.4 is 11.1 Å². The van der Waals surface area contributed by atoms with E-state index in [1.54, 1.807) is 6.20 Å². The maximum atomic E-state index is 14.0. The van der Waals surface area contributed by atoms with Gasteiger partial charge in [0.25, 0.3) is 0 Å². The molecular weight excluding hydrogens is 335 g/mol. The van der Waals surface area contributed by atoms with Gasteiger partial charge < -0.3 is 16.0 Å². The van der Waals surface area contributed by atoms with Gasteiger partial charge in [-0.25, -0.2) is 14.4 Å². The number of nitrogen functional groups attached to an aromatic ring is 1. The largest absolute Gasteiger partial charge is 0.397 e. The Morgan fingerprint density at radius 2 is 2.15 bits per heavy atom. The zero-order chi connectivity index (χ0) is 17.7. The number of nitrogens with two attached hydrogens (primary N) is 1. The van der Waals surface area contributed by atoms with E-state index >= 15 is 0 Å². The first kappa shape index (κ1) is 15.1. The minimum Gasteiger partial charge on any atom is -0.397 e. The summed E-state index contributed by atoms with van der Waals surface area (Å²) in [5, 5.41) is 11.8. The lowest BCUT2D eigenvalue weighted by Gasteiger charge is -2.14. The van der Waals surface area contributed by atoms with Gasteiger partial charge in [-0.2, -0.15) is 0 Å². The third-order valence-electron chi connectivity index (χ3n) is 4.97. The number of anilines is 2. The average Bonchev–Trinajstić information content (AvgIpc) is 3.34. The van der Waals surface area contributed by atoms with Crippen molar-refractivity contribution in [2.24, 2.45) is 0 Å². The molecule has 0 bridgehead atoms. The molecule has 1 fully saturated rings. The van der Waals surface area contributed by atoms with Crippen LogP contribution >= 0.6 is 0 Å². The second kappa shape index (κ2) is 5.65. The molecule has 0 aromatic carbocycles. The van der Waals surface area contributed by atoms with E-state index in [0.29, 0.717) is 5.69 Å². The molecule has 8 nitrogen and oxygen atoms in total. The summed E-state index contributed by atoms with van der Waals surface area (Å²) in [7, 11) is 0. The lowest BCUT2D eigenvalue weighted by atomic mass is 10.1. The Balaban J connectivity index is 1.42. The Hall–Kier alpha value is -3.23. The number of halogens is 1. The maximum absolute atomic E-state index is 14.0. The molecule has 0 unspecified atom stereocenters. The molecule has 1 aliphatic rings. The lowest BCUT2D eigenvalue weighted by Crippen LogP contribution is -2.17. The van der Waals surface area contributed by atoms with Gasteiger partial charge in [0, 0.05) is 24.2 Å². The highest BCUT2D eigenvalue weighted by molar-refractivity contribution is 5.74. The zero-order valence-corrected chi connectivity index (χ0v) is 13.9. The second-order valence-electron chi connectivity index (χ2n) is 6.67. The Labute approximate surface area is 147 Å². The number of fused-ring (bicyclic) bond motifs is 3. The fourth-order valence-corrected chi connectivity index (χ4v) is 3.76. The number of H-pyrrole nitrogens is 1. The van der Waals surface area contributed by atoms with Crippen molar-refractivity contribution in [3.8, 4) is 0 Å². The molecule has 0 amide bonds. The average molecular weight is 352 g/mol. The first-order valence-corrected chi connectivity index (χ1v) is 8.54. The lowest BCUT2D eigenvalue weighted by molar-refractivity contribution is 0.614. The van der Waals surface area contributed by atoms with Crippen molar-refractivity contribution >= 4 is 28.3 Å². The quantitative estimate of drug-likeness (QED) is 0.522. The van der Waals surface area contributed by atoms with E-state index in [1.807, 2.05) is 16.7 Å². The minimum absolute atomic E-state index is 0.126. The summed E-state index contributed by atoms with van der Waals surface area (Å²) >= 11 is 0. The minimum atomic E-state index is -0.429. The molecule has 4 aromatic rings. The molecule has 0 aliphatic heterocycles. The van der Waals surface area contributed by atoms with Gasteiger partial charge in [-0.1, -0.05) is 0 Å². The summed E-state index contributed by atoms with van der Waals surface area (Å²) in [4.78, 5) is 11.5. The van der Waals surface area contributed by atoms with E-state index in [4.69, 9.17) is 5.73 Å². The molecule has 4 aromatic heterocycles. The Morgan fingerprint density at radius 1 is 1.23 bits per heavy atom. The SMILES string of the molecule is Nc1cnc(N[C@H]2CC[C@@H](c3nnc4cnc5[nH]ccc5n34)C2)c(F)c1. The monoisotopic (exact) mass is 352 g/mol. The third-order valence-corrected chi connectivity index (χ3v) is 4.97. The number of pyridine rings is 1. The van der Waals surface area contributed by atoms with Crippen LogP contribution in [0.2, 0.25) is 0 Å². The van der Waals surface area contributed by atoms with Gasteiger partial charge in [-0.05, 0) is 25.3 Å². The van der Waals surface area contributed by atoms with E-state index < -0.39 is 5.82 Å². The van der Waals surface area contributed by atoms with Gasteiger partial charge in [0.2, 0.25) is 0 Å². The van der Waals surface area contributed by atoms with Gasteiger partial charge in [-0.15, -0.1) is 10.2 Å². The molecule has 2 atom stereocenters. The van der Waals surface area contributed by atoms with Gasteiger partial charge in [0.05, 0.1) is 23.6 Å². The highest BCUT2D eigenvalue weighted by atomic mass is 19.1. The number of aromatic nitrogens is 6. The molecule has 26 heavy (non-hydrogen) atoms. The first-order valence-electron chi connectivity index (χ1n) is 8.54. The van der Waals surface area contributed by atoms with Crippen molar-refractivity contribution in [2.75, 3.05) is 11.1 Å². The maximum Gasteiger partial charge on any atom is 0.179 e. The fourth-order valence-electron chi connectivity index (χ4n) is 3.76. The van der Waals surface area contributed by atoms with Crippen molar-refractivity contribution < 1.29 is 4.39 Å². The molecule has 0 radical (unpaired) electrons. The Morgan fingerprint density at radius 3 is 3.04 bits per heavy atom. The van der Waals surface area contributed by atoms with Crippen molar-refractivity contribution in [3.05, 3.63) is 42.4 Å². The summed E-state index contributed by atoms with van der Waals surface area (Å²) in [6.45, 7) is 0. The molecule has 0 spiro atoms. The smallest absolute Gasteiger partial charge is 0.179 e. The van der Waals surface area contributed by atoms with Crippen molar-refractivity contribution in [2.45, 2.75) is 31.2 Å². The number of hydrogen-bond donors (Lipinski definition) is 3. The van der Waals surface area contributed by atoms with Crippen LogP contribution in [-0.4, -0.2) is 35.6 Å². The predicted octanol–water partition coefficient (Wildman–Crippen LogP) is 2.47. The summed E-state index contributed by atoms with van der Waals surface area (Å²) in [6.07, 6.45) is 7.72. The van der Waals surface area contributed by atoms with Crippen LogP contribution in [0.4, 0.5) is 15.9 Å². The second-order valence-corrected chi connectivity index (χ2v) is 6.67. The van der Waals surface area contributed by atoms with Crippen molar-refractivity contribution in [3.63, 3.8) is 0 Å². The molecule has 5 rings (SSSR count). The molecule has 0 saturated heterocycles. The van der Waals surface area contributed by atoms with Crippen LogP contribution in [-0.2, 0) is 0 Å². The van der Waals surface area contributed by atoms with Crippen LogP contribution in [0.15, 0.2) is 30.7 Å². The molecule has 1 aliphatic carbocycles. The van der Waals surface area contributed by atoms with Crippen LogP contribution in [0.3, 0.4) is 0 Å². The molecular formula is C17H17FN8. The Bertz CT molecular complexity index is 1100. The normalized spacial score (nSPS) is 20.2. The third kappa shape index (κ3) is 2.35. The highest BCUT2D eigenvalue weighted by Crippen LogP contribution is 2.36. The fraction of sp³-hybridized carbons (Fsp3) is 0.294. The first-order chi connectivity index (χ1) is 12.7. The number of rotatable bonds is 3. The molecule has 1 saturated carbocycles. The summed E-state index contributed by atoms with van der Waals surface area (Å²) in [5.74, 6) is 0.969. The standard InChI is InChI=1S/C17H17FN8/c18-12-6-10(19)7-21-15(12)23-11-2-1-9(5-11)17-25-24-14-8-22-16-13(26(14)17)3-4-20-16/h3-4,6-9,11,20H,1-2,5,19H2,(H,21,23)/t9-,11+/m1/s1. The van der Waals surface area contributed by atoms with Gasteiger partial charge >= 0.3 is 0 Å². The van der Waals surface area contributed by atoms with Crippen LogP contribution in [0, 0.1) is 5.82 Å². The van der Waals surface area contributed by atoms with Crippen LogP contribution in [0.25, 0.3) is 16.8 Å². The molecule has 9 heteroatoms. The van der Waals surface area contributed by atoms with Crippen molar-refractivity contribution in [1.29, 1.82) is 0 Å². The summed E-state index contributed by atoms with van der Waals surface area (Å²) in [5.41, 5.74) is 8.37. The number of hydrogen-bond acceptors (Lipinski definition) is 6. The molecule has 4 N–H and O–H groups in total. The van der Waals surface area contributed by atoms with Gasteiger partial charge in [0.1, 0.15) is 5.82 Å². The van der Waals surface area contributed by atoms with E-state index in [9.17, 15) is 4.39 Å². The molecule has 4 heterocycles. The highest BCUT2D eigenvalue weighted by Gasteiger charge is 2.30. The number of nitrogens with one attached hydrogen (secondary N) is 2. The predicted molar refractivity (Wildman–Crippen MR) is 95.2 cm³/mol. The van der Waals surface area contributed by atoms with Crippen molar-refractivity contribution in [1.82, 2.24) is 29.5 Å². The molecule has 132 valence electrons. The topological polar surface area (TPSA) is 110 Å². The van der Waals surface area contributed by atoms with Crippen LogP contribution in [0.5, 0.6) is 0 Å². The number of aromatic amines is 1. The summed E-state index contributed by atoms with van der Waals surface area (Å²) in [6, 6.07) is 3.38. The van der Waals surface area contributed by atoms with Gasteiger partial charge in [0.15, 0.2) is 22.9 Å². The van der Waals surface area contributed by atoms with Crippen LogP contribution in [0.1, 0.15) is 31.0 Å². The summed E-state index contributed by atoms with van der Waals surface area (Å²) < 4.78 is 16.0. The number of nitrogens with zero attached hydrogens (tertiary/aromatic N) is 5.